The fourth-order valence-corrected chi connectivity index (χ4v) is 10.2. The third-order valence-corrected chi connectivity index (χ3v) is 13.0. The van der Waals surface area contributed by atoms with Crippen LogP contribution in [0, 0.1) is 0 Å². The van der Waals surface area contributed by atoms with Crippen molar-refractivity contribution >= 4 is 87.3 Å². The lowest BCUT2D eigenvalue weighted by molar-refractivity contribution is 0.680. The molecule has 1 atom stereocenters. The van der Waals surface area contributed by atoms with Crippen LogP contribution in [0.1, 0.15) is 22.9 Å². The Morgan fingerprint density at radius 3 is 1.78 bits per heavy atom. The SMILES string of the molecule is c1ccc(-n2c3ccccc3c3c4c5ccccc5c(-c5ccc(C6=NC(c7cccc8ccccc78)NC(c7cccc8ccccc78)=N6)cc5)cc4c4ccccc4c32)cc1. The largest absolute Gasteiger partial charge is 0.344 e. The molecule has 0 bridgehead atoms. The summed E-state index contributed by atoms with van der Waals surface area (Å²) in [6.45, 7) is 0. The van der Waals surface area contributed by atoms with Crippen LogP contribution in [0.15, 0.2) is 228 Å². The highest BCUT2D eigenvalue weighted by molar-refractivity contribution is 6.38. The molecule has 1 aliphatic heterocycles. The van der Waals surface area contributed by atoms with Crippen LogP contribution in [0.4, 0.5) is 0 Å². The number of hydrogen-bond donors (Lipinski definition) is 1. The Kier molecular flexibility index (Phi) is 7.94. The molecule has 1 aliphatic rings. The maximum absolute atomic E-state index is 5.35. The van der Waals surface area contributed by atoms with E-state index in [4.69, 9.17) is 9.98 Å². The molecular weight excluding hydrogens is 765 g/mol. The second-order valence-corrected chi connectivity index (χ2v) is 16.5. The summed E-state index contributed by atoms with van der Waals surface area (Å²) >= 11 is 0. The highest BCUT2D eigenvalue weighted by Crippen LogP contribution is 2.47. The topological polar surface area (TPSA) is 41.7 Å². The zero-order chi connectivity index (χ0) is 41.4. The van der Waals surface area contributed by atoms with Crippen LogP contribution in [-0.2, 0) is 0 Å². The molecule has 2 heterocycles. The van der Waals surface area contributed by atoms with Gasteiger partial charge in [0.15, 0.2) is 5.84 Å². The van der Waals surface area contributed by atoms with E-state index < -0.39 is 0 Å². The predicted octanol–water partition coefficient (Wildman–Crippen LogP) is 14.7. The number of rotatable bonds is 5. The van der Waals surface area contributed by atoms with Gasteiger partial charge in [-0.2, -0.15) is 0 Å². The maximum Gasteiger partial charge on any atom is 0.159 e. The number of nitrogens with one attached hydrogen (secondary N) is 1. The van der Waals surface area contributed by atoms with Crippen molar-refractivity contribution < 1.29 is 0 Å². The third-order valence-electron chi connectivity index (χ3n) is 13.0. The smallest absolute Gasteiger partial charge is 0.159 e. The molecule has 1 aromatic heterocycles. The molecule has 4 nitrogen and oxygen atoms in total. The van der Waals surface area contributed by atoms with Gasteiger partial charge in [0.1, 0.15) is 12.0 Å². The van der Waals surface area contributed by atoms with Crippen molar-refractivity contribution in [2.24, 2.45) is 9.98 Å². The maximum atomic E-state index is 5.35. The van der Waals surface area contributed by atoms with Crippen molar-refractivity contribution in [2.45, 2.75) is 6.17 Å². The van der Waals surface area contributed by atoms with E-state index in [1.807, 2.05) is 0 Å². The van der Waals surface area contributed by atoms with Gasteiger partial charge in [0.2, 0.25) is 0 Å². The Morgan fingerprint density at radius 2 is 0.984 bits per heavy atom. The molecule has 0 radical (unpaired) electrons. The molecule has 0 aliphatic carbocycles. The lowest BCUT2D eigenvalue weighted by Crippen LogP contribution is -2.33. The van der Waals surface area contributed by atoms with E-state index >= 15 is 0 Å². The van der Waals surface area contributed by atoms with Crippen molar-refractivity contribution in [3.8, 4) is 16.8 Å². The van der Waals surface area contributed by atoms with Gasteiger partial charge < -0.3 is 9.88 Å². The molecule has 0 spiro atoms. The van der Waals surface area contributed by atoms with E-state index in [9.17, 15) is 0 Å². The molecular formula is C59H38N4. The van der Waals surface area contributed by atoms with Gasteiger partial charge in [-0.15, -0.1) is 0 Å². The minimum atomic E-state index is -0.334. The second kappa shape index (κ2) is 14.1. The predicted molar refractivity (Wildman–Crippen MR) is 266 cm³/mol. The van der Waals surface area contributed by atoms with Crippen LogP contribution in [0.25, 0.3) is 92.5 Å². The molecule has 13 rings (SSSR count). The van der Waals surface area contributed by atoms with Gasteiger partial charge in [-0.1, -0.05) is 194 Å². The Bertz CT molecular complexity index is 3870. The lowest BCUT2D eigenvalue weighted by atomic mass is 9.88. The Balaban J connectivity index is 1.01. The molecule has 0 amide bonds. The quantitative estimate of drug-likeness (QED) is 0.173. The Hall–Kier alpha value is -8.34. The monoisotopic (exact) mass is 802 g/mol. The van der Waals surface area contributed by atoms with Gasteiger partial charge in [-0.3, -0.25) is 0 Å². The van der Waals surface area contributed by atoms with Gasteiger partial charge in [0.05, 0.1) is 11.0 Å². The van der Waals surface area contributed by atoms with Crippen LogP contribution < -0.4 is 5.32 Å². The minimum Gasteiger partial charge on any atom is -0.344 e. The molecule has 1 unspecified atom stereocenters. The first-order valence-corrected chi connectivity index (χ1v) is 21.6. The number of nitrogens with zero attached hydrogens (tertiary/aromatic N) is 3. The summed E-state index contributed by atoms with van der Waals surface area (Å²) in [7, 11) is 0. The van der Waals surface area contributed by atoms with E-state index in [1.165, 1.54) is 75.8 Å². The first kappa shape index (κ1) is 35.4. The van der Waals surface area contributed by atoms with Crippen LogP contribution in [0.3, 0.4) is 0 Å². The average Bonchev–Trinajstić information content (AvgIpc) is 3.71. The molecule has 0 fully saturated rings. The molecule has 294 valence electrons. The first-order valence-electron chi connectivity index (χ1n) is 21.6. The summed E-state index contributed by atoms with van der Waals surface area (Å²) in [6, 6.07) is 78.7. The third kappa shape index (κ3) is 5.55. The molecule has 12 aromatic rings. The highest BCUT2D eigenvalue weighted by Gasteiger charge is 2.25. The minimum absolute atomic E-state index is 0.334. The van der Waals surface area contributed by atoms with Crippen LogP contribution in [0.5, 0.6) is 0 Å². The fourth-order valence-electron chi connectivity index (χ4n) is 10.2. The highest BCUT2D eigenvalue weighted by atomic mass is 15.2. The Morgan fingerprint density at radius 1 is 0.397 bits per heavy atom. The summed E-state index contributed by atoms with van der Waals surface area (Å²) in [5, 5.41) is 18.4. The van der Waals surface area contributed by atoms with E-state index in [0.717, 1.165) is 39.2 Å². The molecule has 1 N–H and O–H groups in total. The Labute approximate surface area is 363 Å². The number of aromatic nitrogens is 1. The van der Waals surface area contributed by atoms with Crippen LogP contribution >= 0.6 is 0 Å². The fraction of sp³-hybridized carbons (Fsp3) is 0.0169. The van der Waals surface area contributed by atoms with Gasteiger partial charge in [0.25, 0.3) is 0 Å². The summed E-state index contributed by atoms with van der Waals surface area (Å²) in [6.07, 6.45) is -0.334. The zero-order valence-corrected chi connectivity index (χ0v) is 34.2. The number of aliphatic imine (C=N–C) groups is 2. The summed E-state index contributed by atoms with van der Waals surface area (Å²) < 4.78 is 2.45. The number of fused-ring (bicyclic) bond motifs is 12. The summed E-state index contributed by atoms with van der Waals surface area (Å²) in [5.41, 5.74) is 9.08. The lowest BCUT2D eigenvalue weighted by Gasteiger charge is -2.25. The first-order chi connectivity index (χ1) is 31.3. The summed E-state index contributed by atoms with van der Waals surface area (Å²) in [4.78, 5) is 10.6. The average molecular weight is 803 g/mol. The van der Waals surface area contributed by atoms with Crippen molar-refractivity contribution in [3.63, 3.8) is 0 Å². The van der Waals surface area contributed by atoms with E-state index in [-0.39, 0.29) is 6.17 Å². The van der Waals surface area contributed by atoms with Crippen molar-refractivity contribution in [1.29, 1.82) is 0 Å². The number of hydrogen-bond acceptors (Lipinski definition) is 3. The second-order valence-electron chi connectivity index (χ2n) is 16.5. The van der Waals surface area contributed by atoms with Crippen molar-refractivity contribution in [1.82, 2.24) is 9.88 Å². The van der Waals surface area contributed by atoms with Crippen LogP contribution in [0.2, 0.25) is 0 Å². The van der Waals surface area contributed by atoms with Gasteiger partial charge >= 0.3 is 0 Å². The van der Waals surface area contributed by atoms with Crippen molar-refractivity contribution in [2.75, 3.05) is 0 Å². The molecule has 11 aromatic carbocycles. The molecule has 0 saturated carbocycles. The standard InChI is InChI=1S/C59H38N4/c1-2-20-41(21-3-1)63-53-31-13-12-28-50(53)55-54-46-26-10-8-24-44(46)51(36-52(54)45-25-9-11-27-47(45)56(55)63)39-32-34-40(35-33-39)57-60-58(48-29-14-18-37-16-4-6-22-42(37)48)62-59(61-57)49-30-15-19-38-17-5-7-23-43(38)49/h1-36,58H,(H,60,61,62). The van der Waals surface area contributed by atoms with Gasteiger partial charge in [-0.25, -0.2) is 9.98 Å². The molecule has 63 heavy (non-hydrogen) atoms. The zero-order valence-electron chi connectivity index (χ0n) is 34.2. The molecule has 0 saturated heterocycles. The number of para-hydroxylation sites is 2. The molecule has 4 heteroatoms. The summed E-state index contributed by atoms with van der Waals surface area (Å²) in [5.74, 6) is 1.51. The van der Waals surface area contributed by atoms with Gasteiger partial charge in [0, 0.05) is 43.9 Å². The van der Waals surface area contributed by atoms with Crippen molar-refractivity contribution in [3.05, 3.63) is 235 Å². The number of amidine groups is 2. The van der Waals surface area contributed by atoms with E-state index in [2.05, 4.69) is 228 Å². The van der Waals surface area contributed by atoms with Crippen LogP contribution in [-0.4, -0.2) is 16.2 Å². The van der Waals surface area contributed by atoms with E-state index in [1.54, 1.807) is 0 Å². The number of benzene rings is 11. The van der Waals surface area contributed by atoms with E-state index in [0.29, 0.717) is 5.84 Å². The van der Waals surface area contributed by atoms with Gasteiger partial charge in [-0.05, 0) is 78.5 Å². The normalized spacial score (nSPS) is 14.2.